The Bertz CT molecular complexity index is 362. The van der Waals surface area contributed by atoms with Gasteiger partial charge in [-0.25, -0.2) is 4.98 Å². The molecule has 1 N–H and O–H groups in total. The quantitative estimate of drug-likeness (QED) is 0.478. The first kappa shape index (κ1) is 17.3. The Kier molecular flexibility index (Phi) is 7.96. The lowest BCUT2D eigenvalue weighted by Gasteiger charge is -2.24. The van der Waals surface area contributed by atoms with Crippen LogP contribution in [0.15, 0.2) is 12.4 Å². The van der Waals surface area contributed by atoms with E-state index in [1.807, 2.05) is 10.8 Å². The molecule has 0 atom stereocenters. The number of hydrogen-bond donors (Lipinski definition) is 1. The zero-order valence-corrected chi connectivity index (χ0v) is 13.4. The van der Waals surface area contributed by atoms with E-state index in [0.717, 1.165) is 12.2 Å². The van der Waals surface area contributed by atoms with Gasteiger partial charge in [-0.15, -0.1) is 0 Å². The topological polar surface area (TPSA) is 75.0 Å². The highest BCUT2D eigenvalue weighted by Crippen LogP contribution is 2.14. The van der Waals surface area contributed by atoms with Gasteiger partial charge in [0.05, 0.1) is 6.61 Å². The molecule has 8 heteroatoms. The van der Waals surface area contributed by atoms with E-state index in [4.69, 9.17) is 23.1 Å². The van der Waals surface area contributed by atoms with Crippen LogP contribution >= 0.6 is 0 Å². The molecule has 0 unspecified atom stereocenters. The first-order valence-electron chi connectivity index (χ1n) is 6.55. The first-order chi connectivity index (χ1) is 9.71. The molecular weight excluding hydrogens is 280 g/mol. The monoisotopic (exact) mass is 304 g/mol. The summed E-state index contributed by atoms with van der Waals surface area (Å²) in [5, 5.41) is 8.91. The van der Waals surface area contributed by atoms with Crippen LogP contribution in [-0.4, -0.2) is 58.0 Å². The molecule has 0 aliphatic rings. The molecule has 0 amide bonds. The Morgan fingerprint density at radius 3 is 2.55 bits per heavy atom. The van der Waals surface area contributed by atoms with Gasteiger partial charge in [-0.1, -0.05) is 0 Å². The number of aliphatic hydroxyl groups excluding tert-OH is 1. The van der Waals surface area contributed by atoms with E-state index in [9.17, 15) is 0 Å². The average molecular weight is 304 g/mol. The van der Waals surface area contributed by atoms with Crippen molar-refractivity contribution in [1.82, 2.24) is 9.55 Å². The Labute approximate surface area is 120 Å². The third kappa shape index (κ3) is 4.96. The lowest BCUT2D eigenvalue weighted by atomic mass is 10.4. The van der Waals surface area contributed by atoms with Crippen molar-refractivity contribution in [1.29, 1.82) is 0 Å². The summed E-state index contributed by atoms with van der Waals surface area (Å²) in [6.45, 7) is 1.10. The summed E-state index contributed by atoms with van der Waals surface area (Å²) in [7, 11) is 2.32. The van der Waals surface area contributed by atoms with Crippen LogP contribution in [0, 0.1) is 0 Å². The Hall–Kier alpha value is -0.773. The number of nitrogens with zero attached hydrogens (tertiary/aromatic N) is 2. The predicted molar refractivity (Wildman–Crippen MR) is 75.2 cm³/mol. The summed E-state index contributed by atoms with van der Waals surface area (Å²) >= 11 is 0. The van der Waals surface area contributed by atoms with Crippen molar-refractivity contribution in [3.05, 3.63) is 18.2 Å². The van der Waals surface area contributed by atoms with Gasteiger partial charge in [0, 0.05) is 52.8 Å². The van der Waals surface area contributed by atoms with E-state index in [1.165, 1.54) is 0 Å². The molecule has 7 nitrogen and oxygen atoms in total. The van der Waals surface area contributed by atoms with Gasteiger partial charge in [0.25, 0.3) is 0 Å². The smallest absolute Gasteiger partial charge is 0.396 e. The molecule has 116 valence electrons. The van der Waals surface area contributed by atoms with Crippen LogP contribution in [-0.2, 0) is 31.2 Å². The Morgan fingerprint density at radius 2 is 1.95 bits per heavy atom. The lowest BCUT2D eigenvalue weighted by molar-refractivity contribution is 0.0685. The zero-order valence-electron chi connectivity index (χ0n) is 12.4. The van der Waals surface area contributed by atoms with Crippen molar-refractivity contribution in [2.45, 2.75) is 25.6 Å². The van der Waals surface area contributed by atoms with E-state index < -0.39 is 8.80 Å². The molecule has 0 aromatic carbocycles. The number of imidazole rings is 1. The number of ether oxygens (including phenoxy) is 1. The molecule has 0 saturated carbocycles. The van der Waals surface area contributed by atoms with Crippen molar-refractivity contribution >= 4 is 8.80 Å². The van der Waals surface area contributed by atoms with E-state index in [-0.39, 0.29) is 6.61 Å². The summed E-state index contributed by atoms with van der Waals surface area (Å²) in [5.41, 5.74) is 0. The molecule has 0 aliphatic carbocycles. The van der Waals surface area contributed by atoms with Crippen molar-refractivity contribution in [3.63, 3.8) is 0 Å². The van der Waals surface area contributed by atoms with Gasteiger partial charge in [-0.2, -0.15) is 0 Å². The average Bonchev–Trinajstić information content (AvgIpc) is 2.91. The Balaban J connectivity index is 2.26. The van der Waals surface area contributed by atoms with Gasteiger partial charge in [0.2, 0.25) is 0 Å². The third-order valence-corrected chi connectivity index (χ3v) is 5.90. The number of rotatable bonds is 11. The molecule has 20 heavy (non-hydrogen) atoms. The first-order valence-corrected chi connectivity index (χ1v) is 8.48. The molecule has 0 aliphatic heterocycles. The minimum Gasteiger partial charge on any atom is -0.396 e. The minimum atomic E-state index is -2.49. The summed E-state index contributed by atoms with van der Waals surface area (Å²) in [4.78, 5) is 4.15. The highest BCUT2D eigenvalue weighted by molar-refractivity contribution is 6.60. The van der Waals surface area contributed by atoms with Gasteiger partial charge >= 0.3 is 8.80 Å². The molecule has 1 rings (SSSR count). The fraction of sp³-hybridized carbons (Fsp3) is 0.750. The second kappa shape index (κ2) is 9.22. The van der Waals surface area contributed by atoms with Gasteiger partial charge in [0.15, 0.2) is 0 Å². The number of aliphatic hydroxyl groups is 1. The van der Waals surface area contributed by atoms with Crippen LogP contribution in [0.2, 0.25) is 6.04 Å². The van der Waals surface area contributed by atoms with Crippen LogP contribution in [0.5, 0.6) is 0 Å². The molecule has 0 fully saturated rings. The van der Waals surface area contributed by atoms with E-state index in [0.29, 0.717) is 25.8 Å². The second-order valence-corrected chi connectivity index (χ2v) is 7.31. The highest BCUT2D eigenvalue weighted by atomic mass is 28.4. The van der Waals surface area contributed by atoms with Crippen molar-refractivity contribution in [3.8, 4) is 0 Å². The fourth-order valence-electron chi connectivity index (χ4n) is 1.90. The minimum absolute atomic E-state index is 0.0840. The largest absolute Gasteiger partial charge is 0.500 e. The number of aromatic nitrogens is 2. The molecule has 0 spiro atoms. The molecule has 0 radical (unpaired) electrons. The highest BCUT2D eigenvalue weighted by Gasteiger charge is 2.36. The van der Waals surface area contributed by atoms with Crippen molar-refractivity contribution in [2.75, 3.05) is 34.5 Å². The third-order valence-electron chi connectivity index (χ3n) is 3.07. The maximum absolute atomic E-state index is 8.91. The maximum Gasteiger partial charge on any atom is 0.500 e. The van der Waals surface area contributed by atoms with Crippen LogP contribution < -0.4 is 0 Å². The standard InChI is InChI=1S/C12H24N2O5Si/c1-16-20(17-2,18-3)10-4-9-19-11-14-7-6-13-12(14)5-8-15/h6-7,15H,4-5,8-11H2,1-3H3. The van der Waals surface area contributed by atoms with Gasteiger partial charge in [0.1, 0.15) is 12.6 Å². The molecule has 1 aromatic rings. The zero-order chi connectivity index (χ0) is 14.8. The lowest BCUT2D eigenvalue weighted by Crippen LogP contribution is -2.42. The molecular formula is C12H24N2O5Si. The summed E-state index contributed by atoms with van der Waals surface area (Å²) in [6.07, 6.45) is 4.87. The van der Waals surface area contributed by atoms with E-state index in [2.05, 4.69) is 4.98 Å². The fourth-order valence-corrected chi connectivity index (χ4v) is 3.59. The van der Waals surface area contributed by atoms with Crippen LogP contribution in [0.3, 0.4) is 0 Å². The SMILES string of the molecule is CO[Si](CCCOCn1ccnc1CCO)(OC)OC. The predicted octanol–water partition coefficient (Wildman–Crippen LogP) is 0.660. The molecule has 1 aromatic heterocycles. The maximum atomic E-state index is 8.91. The number of hydrogen-bond acceptors (Lipinski definition) is 6. The van der Waals surface area contributed by atoms with E-state index in [1.54, 1.807) is 27.5 Å². The Morgan fingerprint density at radius 1 is 1.25 bits per heavy atom. The molecule has 1 heterocycles. The normalized spacial score (nSPS) is 12.0. The van der Waals surface area contributed by atoms with Crippen molar-refractivity contribution < 1.29 is 23.1 Å². The summed E-state index contributed by atoms with van der Waals surface area (Å²) in [5.74, 6) is 0.821. The van der Waals surface area contributed by atoms with Crippen molar-refractivity contribution in [2.24, 2.45) is 0 Å². The van der Waals surface area contributed by atoms with Crippen LogP contribution in [0.4, 0.5) is 0 Å². The van der Waals surface area contributed by atoms with E-state index >= 15 is 0 Å². The van der Waals surface area contributed by atoms with Gasteiger partial charge in [-0.3, -0.25) is 0 Å². The second-order valence-electron chi connectivity index (χ2n) is 4.22. The summed E-state index contributed by atoms with van der Waals surface area (Å²) < 4.78 is 23.5. The van der Waals surface area contributed by atoms with Crippen LogP contribution in [0.25, 0.3) is 0 Å². The molecule has 0 saturated heterocycles. The van der Waals surface area contributed by atoms with Crippen LogP contribution in [0.1, 0.15) is 12.2 Å². The van der Waals surface area contributed by atoms with Gasteiger partial charge < -0.3 is 27.7 Å². The summed E-state index contributed by atoms with van der Waals surface area (Å²) in [6, 6.07) is 0.712. The van der Waals surface area contributed by atoms with Gasteiger partial charge in [-0.05, 0) is 6.42 Å². The molecule has 0 bridgehead atoms.